The van der Waals surface area contributed by atoms with Crippen molar-refractivity contribution >= 4 is 73.8 Å². The molecule has 0 bridgehead atoms. The highest BCUT2D eigenvalue weighted by atomic mass is 32.1. The molecule has 7 aromatic carbocycles. The lowest BCUT2D eigenvalue weighted by Gasteiger charge is -2.12. The van der Waals surface area contributed by atoms with Crippen molar-refractivity contribution in [2.24, 2.45) is 0 Å². The second-order valence-corrected chi connectivity index (χ2v) is 14.1. The molecule has 0 aliphatic carbocycles. The van der Waals surface area contributed by atoms with Crippen LogP contribution in [-0.4, -0.2) is 15.0 Å². The van der Waals surface area contributed by atoms with Gasteiger partial charge in [-0.2, -0.15) is 0 Å². The van der Waals surface area contributed by atoms with Crippen molar-refractivity contribution in [1.29, 1.82) is 0 Å². The smallest absolute Gasteiger partial charge is 0.164 e. The molecule has 3 aromatic heterocycles. The van der Waals surface area contributed by atoms with Gasteiger partial charge in [0.25, 0.3) is 0 Å². The standard InChI is InChI=1S/C43H25N3S2/c1-3-11-26(12-4-1)28-19-21-30-34(23-28)40-35(32-16-8-10-18-38(32)48-40)25-36(30)43-45-41(27-13-5-2-6-14-27)44-42(46-43)29-20-22-33-31-15-7-9-17-37(31)47-39(33)24-29/h1-25H. The SMILES string of the molecule is c1ccc(-c2ccc3c(-c4nc(-c5ccccc5)nc(-c5ccc6c(c5)sc5ccccc56)n4)cc4c5ccccc5sc4c3c2)cc1. The van der Waals surface area contributed by atoms with E-state index in [1.54, 1.807) is 11.3 Å². The number of hydrogen-bond acceptors (Lipinski definition) is 5. The summed E-state index contributed by atoms with van der Waals surface area (Å²) in [6.07, 6.45) is 0. The van der Waals surface area contributed by atoms with Crippen LogP contribution in [0.15, 0.2) is 152 Å². The maximum absolute atomic E-state index is 5.25. The summed E-state index contributed by atoms with van der Waals surface area (Å²) in [5.74, 6) is 2.00. The molecule has 0 spiro atoms. The summed E-state index contributed by atoms with van der Waals surface area (Å²) < 4.78 is 5.06. The molecule has 10 rings (SSSR count). The van der Waals surface area contributed by atoms with E-state index in [9.17, 15) is 0 Å². The minimum absolute atomic E-state index is 0.663. The maximum Gasteiger partial charge on any atom is 0.164 e. The zero-order valence-corrected chi connectivity index (χ0v) is 27.2. The number of rotatable bonds is 4. The molecule has 10 aromatic rings. The fraction of sp³-hybridized carbons (Fsp3) is 0. The molecule has 0 saturated heterocycles. The van der Waals surface area contributed by atoms with Gasteiger partial charge < -0.3 is 0 Å². The predicted octanol–water partition coefficient (Wildman–Crippen LogP) is 12.4. The van der Waals surface area contributed by atoms with Gasteiger partial charge in [-0.1, -0.05) is 121 Å². The van der Waals surface area contributed by atoms with E-state index in [-0.39, 0.29) is 0 Å². The van der Waals surface area contributed by atoms with Crippen LogP contribution in [-0.2, 0) is 0 Å². The van der Waals surface area contributed by atoms with Crippen LogP contribution in [0.25, 0.3) is 96.4 Å². The van der Waals surface area contributed by atoms with Gasteiger partial charge in [0, 0.05) is 62.4 Å². The third kappa shape index (κ3) is 4.43. The molecule has 48 heavy (non-hydrogen) atoms. The van der Waals surface area contributed by atoms with Crippen LogP contribution >= 0.6 is 22.7 Å². The van der Waals surface area contributed by atoms with Gasteiger partial charge >= 0.3 is 0 Å². The Morgan fingerprint density at radius 2 is 0.854 bits per heavy atom. The first-order chi connectivity index (χ1) is 23.8. The van der Waals surface area contributed by atoms with Gasteiger partial charge in [0.05, 0.1) is 0 Å². The Bertz CT molecular complexity index is 2840. The molecule has 0 aliphatic heterocycles. The lowest BCUT2D eigenvalue weighted by Crippen LogP contribution is -2.00. The van der Waals surface area contributed by atoms with Gasteiger partial charge in [-0.3, -0.25) is 0 Å². The summed E-state index contributed by atoms with van der Waals surface area (Å²) in [6, 6.07) is 53.8. The maximum atomic E-state index is 5.25. The summed E-state index contributed by atoms with van der Waals surface area (Å²) in [7, 11) is 0. The lowest BCUT2D eigenvalue weighted by molar-refractivity contribution is 1.08. The summed E-state index contributed by atoms with van der Waals surface area (Å²) in [5.41, 5.74) is 5.33. The normalized spacial score (nSPS) is 11.8. The van der Waals surface area contributed by atoms with E-state index in [1.165, 1.54) is 56.9 Å². The molecule has 0 atom stereocenters. The molecular weight excluding hydrogens is 623 g/mol. The minimum atomic E-state index is 0.663. The molecule has 0 saturated carbocycles. The average molecular weight is 648 g/mol. The van der Waals surface area contributed by atoms with E-state index in [1.807, 2.05) is 29.5 Å². The lowest BCUT2D eigenvalue weighted by atomic mass is 9.96. The third-order valence-electron chi connectivity index (χ3n) is 9.13. The van der Waals surface area contributed by atoms with Crippen LogP contribution in [0, 0.1) is 0 Å². The molecule has 3 heterocycles. The van der Waals surface area contributed by atoms with Gasteiger partial charge in [0.1, 0.15) is 0 Å². The summed E-state index contributed by atoms with van der Waals surface area (Å²) in [5, 5.41) is 7.34. The number of nitrogens with zero attached hydrogens (tertiary/aromatic N) is 3. The van der Waals surface area contributed by atoms with Crippen LogP contribution in [0.3, 0.4) is 0 Å². The topological polar surface area (TPSA) is 38.7 Å². The van der Waals surface area contributed by atoms with Gasteiger partial charge in [0.2, 0.25) is 0 Å². The number of thiophene rings is 2. The Labute approximate surface area is 284 Å². The molecule has 0 fully saturated rings. The fourth-order valence-corrected chi connectivity index (χ4v) is 9.16. The van der Waals surface area contributed by atoms with Crippen molar-refractivity contribution in [1.82, 2.24) is 15.0 Å². The molecular formula is C43H25N3S2. The Morgan fingerprint density at radius 1 is 0.312 bits per heavy atom. The highest BCUT2D eigenvalue weighted by Gasteiger charge is 2.19. The van der Waals surface area contributed by atoms with Crippen LogP contribution < -0.4 is 0 Å². The zero-order valence-electron chi connectivity index (χ0n) is 25.6. The van der Waals surface area contributed by atoms with Crippen molar-refractivity contribution < 1.29 is 0 Å². The second kappa shape index (κ2) is 10.9. The number of fused-ring (bicyclic) bond motifs is 8. The number of hydrogen-bond donors (Lipinski definition) is 0. The minimum Gasteiger partial charge on any atom is -0.208 e. The van der Waals surface area contributed by atoms with Crippen LogP contribution in [0.1, 0.15) is 0 Å². The van der Waals surface area contributed by atoms with Gasteiger partial charge in [0.15, 0.2) is 17.5 Å². The van der Waals surface area contributed by atoms with Gasteiger partial charge in [-0.25, -0.2) is 15.0 Å². The van der Waals surface area contributed by atoms with Crippen molar-refractivity contribution in [2.75, 3.05) is 0 Å². The first-order valence-electron chi connectivity index (χ1n) is 15.9. The van der Waals surface area contributed by atoms with Crippen LogP contribution in [0.2, 0.25) is 0 Å². The molecule has 3 nitrogen and oxygen atoms in total. The highest BCUT2D eigenvalue weighted by molar-refractivity contribution is 7.26. The predicted molar refractivity (Wildman–Crippen MR) is 205 cm³/mol. The first-order valence-corrected chi connectivity index (χ1v) is 17.6. The zero-order chi connectivity index (χ0) is 31.6. The second-order valence-electron chi connectivity index (χ2n) is 12.0. The molecule has 224 valence electrons. The van der Waals surface area contributed by atoms with Crippen LogP contribution in [0.5, 0.6) is 0 Å². The van der Waals surface area contributed by atoms with Crippen molar-refractivity contribution in [3.8, 4) is 45.3 Å². The Kier molecular flexibility index (Phi) is 6.22. The quantitative estimate of drug-likeness (QED) is 0.191. The fourth-order valence-electron chi connectivity index (χ4n) is 6.80. The molecule has 0 unspecified atom stereocenters. The monoisotopic (exact) mass is 647 g/mol. The van der Waals surface area contributed by atoms with Gasteiger partial charge in [-0.05, 0) is 46.8 Å². The van der Waals surface area contributed by atoms with Crippen molar-refractivity contribution in [2.45, 2.75) is 0 Å². The van der Waals surface area contributed by atoms with Crippen LogP contribution in [0.4, 0.5) is 0 Å². The molecule has 0 radical (unpaired) electrons. The van der Waals surface area contributed by atoms with E-state index in [0.717, 1.165) is 22.1 Å². The van der Waals surface area contributed by atoms with E-state index in [0.29, 0.717) is 17.5 Å². The van der Waals surface area contributed by atoms with Gasteiger partial charge in [-0.15, -0.1) is 22.7 Å². The highest BCUT2D eigenvalue weighted by Crippen LogP contribution is 2.44. The van der Waals surface area contributed by atoms with E-state index < -0.39 is 0 Å². The summed E-state index contributed by atoms with van der Waals surface area (Å²) in [4.78, 5) is 15.5. The van der Waals surface area contributed by atoms with E-state index >= 15 is 0 Å². The average Bonchev–Trinajstić information content (AvgIpc) is 3.73. The van der Waals surface area contributed by atoms with E-state index in [4.69, 9.17) is 15.0 Å². The van der Waals surface area contributed by atoms with Crippen molar-refractivity contribution in [3.63, 3.8) is 0 Å². The summed E-state index contributed by atoms with van der Waals surface area (Å²) >= 11 is 3.66. The Balaban J connectivity index is 1.25. The largest absolute Gasteiger partial charge is 0.208 e. The Morgan fingerprint density at radius 3 is 1.62 bits per heavy atom. The molecule has 5 heteroatoms. The number of aromatic nitrogens is 3. The summed E-state index contributed by atoms with van der Waals surface area (Å²) in [6.45, 7) is 0. The Hall–Kier alpha value is -5.75. The molecule has 0 amide bonds. The van der Waals surface area contributed by atoms with E-state index in [2.05, 4.69) is 133 Å². The van der Waals surface area contributed by atoms with Crippen molar-refractivity contribution in [3.05, 3.63) is 152 Å². The number of benzene rings is 7. The molecule has 0 aliphatic rings. The third-order valence-corrected chi connectivity index (χ3v) is 11.5. The first kappa shape index (κ1) is 27.4. The molecule has 0 N–H and O–H groups in total.